The van der Waals surface area contributed by atoms with Crippen molar-refractivity contribution in [1.82, 2.24) is 4.90 Å². The Bertz CT molecular complexity index is 713. The Morgan fingerprint density at radius 1 is 1.27 bits per heavy atom. The Balaban J connectivity index is 0.000000258. The Labute approximate surface area is 172 Å². The minimum absolute atomic E-state index is 0. The Morgan fingerprint density at radius 2 is 1.96 bits per heavy atom. The van der Waals surface area contributed by atoms with Gasteiger partial charge in [-0.05, 0) is 12.1 Å². The second-order valence-electron chi connectivity index (χ2n) is 6.82. The summed E-state index contributed by atoms with van der Waals surface area (Å²) in [5, 5.41) is 0. The molecule has 0 radical (unpaired) electrons. The summed E-state index contributed by atoms with van der Waals surface area (Å²) in [6, 6.07) is 15.1. The number of hydrogen-bond acceptors (Lipinski definition) is 2. The van der Waals surface area contributed by atoms with Crippen LogP contribution >= 0.6 is 0 Å². The molecule has 0 N–H and O–H groups in total. The molecule has 2 aromatic rings. The molecule has 2 heterocycles. The molecule has 1 atom stereocenters. The van der Waals surface area contributed by atoms with E-state index < -0.39 is 0 Å². The molecule has 1 amide bonds. The van der Waals surface area contributed by atoms with Crippen molar-refractivity contribution in [2.75, 3.05) is 26.0 Å². The minimum atomic E-state index is 0. The summed E-state index contributed by atoms with van der Waals surface area (Å²) in [5.41, 5.74) is 3.54. The van der Waals surface area contributed by atoms with E-state index in [0.29, 0.717) is 0 Å². The molecule has 26 heavy (non-hydrogen) atoms. The van der Waals surface area contributed by atoms with E-state index in [1.165, 1.54) is 11.1 Å². The van der Waals surface area contributed by atoms with Gasteiger partial charge in [-0.1, -0.05) is 6.92 Å². The number of rotatable bonds is 1. The third-order valence-corrected chi connectivity index (χ3v) is 4.55. The van der Waals surface area contributed by atoms with Gasteiger partial charge in [-0.15, -0.1) is 11.6 Å². The number of pyridine rings is 1. The van der Waals surface area contributed by atoms with E-state index in [1.54, 1.807) is 4.90 Å². The van der Waals surface area contributed by atoms with Gasteiger partial charge in [-0.2, -0.15) is 42.8 Å². The SMILES string of the molecule is CC1Cc2cc[c-]cc2CN(C)C1=O.[CH2-]c1cccc(N(C)C)[n+]1C.[W+2]. The minimum Gasteiger partial charge on any atom is -0.353 e. The molecule has 138 valence electrons. The van der Waals surface area contributed by atoms with Crippen LogP contribution in [0.3, 0.4) is 0 Å². The maximum absolute atomic E-state index is 11.7. The van der Waals surface area contributed by atoms with E-state index in [-0.39, 0.29) is 32.9 Å². The van der Waals surface area contributed by atoms with Crippen LogP contribution in [-0.4, -0.2) is 32.0 Å². The summed E-state index contributed by atoms with van der Waals surface area (Å²) in [7, 11) is 7.92. The number of aromatic nitrogens is 1. The van der Waals surface area contributed by atoms with Crippen molar-refractivity contribution < 1.29 is 30.4 Å². The maximum Gasteiger partial charge on any atom is 2.00 e. The van der Waals surface area contributed by atoms with Crippen molar-refractivity contribution in [3.05, 3.63) is 66.2 Å². The average molecular weight is 522 g/mol. The summed E-state index contributed by atoms with van der Waals surface area (Å²) in [6.07, 6.45) is 0.854. The number of hydrogen-bond donors (Lipinski definition) is 0. The third-order valence-electron chi connectivity index (χ3n) is 4.55. The van der Waals surface area contributed by atoms with Crippen LogP contribution in [0.15, 0.2) is 36.4 Å². The van der Waals surface area contributed by atoms with E-state index in [1.807, 2.05) is 59.4 Å². The quantitative estimate of drug-likeness (QED) is 0.425. The molecule has 1 unspecified atom stereocenters. The zero-order valence-electron chi connectivity index (χ0n) is 16.3. The molecule has 0 fully saturated rings. The molecule has 5 heteroatoms. The van der Waals surface area contributed by atoms with Gasteiger partial charge in [0, 0.05) is 25.6 Å². The fraction of sp³-hybridized carbons (Fsp3) is 0.381. The number of benzene rings is 1. The van der Waals surface area contributed by atoms with Crippen molar-refractivity contribution in [1.29, 1.82) is 0 Å². The molecule has 0 saturated carbocycles. The summed E-state index contributed by atoms with van der Waals surface area (Å²) in [5.74, 6) is 1.50. The molecule has 3 rings (SSSR count). The van der Waals surface area contributed by atoms with Crippen LogP contribution in [0.4, 0.5) is 5.82 Å². The van der Waals surface area contributed by atoms with Gasteiger partial charge in [0.25, 0.3) is 5.82 Å². The molecule has 1 aliphatic rings. The van der Waals surface area contributed by atoms with Gasteiger partial charge < -0.3 is 4.90 Å². The summed E-state index contributed by atoms with van der Waals surface area (Å²) in [4.78, 5) is 15.6. The molecule has 1 aromatic heterocycles. The van der Waals surface area contributed by atoms with Crippen LogP contribution in [0.2, 0.25) is 0 Å². The van der Waals surface area contributed by atoms with Gasteiger partial charge in [0.15, 0.2) is 0 Å². The number of anilines is 1. The van der Waals surface area contributed by atoms with Gasteiger partial charge in [0.05, 0.1) is 21.1 Å². The first-order valence-electron chi connectivity index (χ1n) is 8.52. The van der Waals surface area contributed by atoms with Gasteiger partial charge in [0.2, 0.25) is 5.91 Å². The van der Waals surface area contributed by atoms with E-state index in [0.717, 1.165) is 24.5 Å². The first-order valence-corrected chi connectivity index (χ1v) is 8.52. The molecule has 0 bridgehead atoms. The monoisotopic (exact) mass is 522 g/mol. The van der Waals surface area contributed by atoms with Gasteiger partial charge in [-0.3, -0.25) is 14.3 Å². The second kappa shape index (κ2) is 9.77. The normalized spacial score (nSPS) is 15.8. The molecule has 0 saturated heterocycles. The van der Waals surface area contributed by atoms with Crippen molar-refractivity contribution in [3.8, 4) is 0 Å². The number of fused-ring (bicyclic) bond motifs is 1. The molecule has 0 aliphatic carbocycles. The number of carbonyl (C=O) groups excluding carboxylic acids is 1. The molecular formula is C21H28N3OW+. The van der Waals surface area contributed by atoms with E-state index in [2.05, 4.69) is 34.6 Å². The average Bonchev–Trinajstić information content (AvgIpc) is 2.68. The smallest absolute Gasteiger partial charge is 0.353 e. The Hall–Kier alpha value is -1.80. The molecular weight excluding hydrogens is 494 g/mol. The van der Waals surface area contributed by atoms with Crippen LogP contribution in [0.5, 0.6) is 0 Å². The zero-order valence-corrected chi connectivity index (χ0v) is 19.3. The predicted octanol–water partition coefficient (Wildman–Crippen LogP) is 2.39. The molecule has 1 aromatic carbocycles. The van der Waals surface area contributed by atoms with Crippen molar-refractivity contribution >= 4 is 11.7 Å². The van der Waals surface area contributed by atoms with E-state index in [9.17, 15) is 4.79 Å². The van der Waals surface area contributed by atoms with Gasteiger partial charge in [0.1, 0.15) is 0 Å². The summed E-state index contributed by atoms with van der Waals surface area (Å²) in [6.45, 7) is 6.61. The largest absolute Gasteiger partial charge is 2.00 e. The molecule has 4 nitrogen and oxygen atoms in total. The van der Waals surface area contributed by atoms with Gasteiger partial charge in [-0.25, -0.2) is 0 Å². The van der Waals surface area contributed by atoms with Crippen LogP contribution < -0.4 is 9.47 Å². The van der Waals surface area contributed by atoms with E-state index in [4.69, 9.17) is 0 Å². The summed E-state index contributed by atoms with van der Waals surface area (Å²) >= 11 is 0. The first kappa shape index (κ1) is 22.2. The standard InChI is InChI=1S/C12H14NO.C9H14N2.W/c1-9-7-10-5-3-4-6-11(10)8-13(2)12(9)14;1-8-6-5-7-9(10(2)3)11(8)4;/h3,5-6,9H,7-8H2,1-2H3;5-7H,1H2,2-4H3;/q-1;;+2. The van der Waals surface area contributed by atoms with Crippen LogP contribution in [0, 0.1) is 18.9 Å². The predicted molar refractivity (Wildman–Crippen MR) is 101 cm³/mol. The van der Waals surface area contributed by atoms with Crippen LogP contribution in [0.25, 0.3) is 0 Å². The second-order valence-corrected chi connectivity index (χ2v) is 6.82. The molecule has 1 aliphatic heterocycles. The maximum atomic E-state index is 11.7. The van der Waals surface area contributed by atoms with Crippen molar-refractivity contribution in [3.63, 3.8) is 0 Å². The molecule has 0 spiro atoms. The fourth-order valence-electron chi connectivity index (χ4n) is 3.04. The number of carbonyl (C=O) groups is 1. The van der Waals surface area contributed by atoms with Crippen LogP contribution in [-0.2, 0) is 45.9 Å². The number of amides is 1. The Morgan fingerprint density at radius 3 is 2.58 bits per heavy atom. The third kappa shape index (κ3) is 5.35. The number of nitrogens with zero attached hydrogens (tertiary/aromatic N) is 3. The van der Waals surface area contributed by atoms with Gasteiger partial charge >= 0.3 is 21.1 Å². The fourth-order valence-corrected chi connectivity index (χ4v) is 3.04. The first-order chi connectivity index (χ1) is 11.8. The Kier molecular flexibility index (Phi) is 8.36. The van der Waals surface area contributed by atoms with Crippen molar-refractivity contribution in [2.45, 2.75) is 19.9 Å². The van der Waals surface area contributed by atoms with Crippen LogP contribution in [0.1, 0.15) is 23.7 Å². The zero-order chi connectivity index (χ0) is 18.6. The van der Waals surface area contributed by atoms with Crippen molar-refractivity contribution in [2.24, 2.45) is 13.0 Å². The topological polar surface area (TPSA) is 27.4 Å². The van der Waals surface area contributed by atoms with E-state index >= 15 is 0 Å². The summed E-state index contributed by atoms with van der Waals surface area (Å²) < 4.78 is 2.06.